The molecule has 0 aliphatic rings. The SMILES string of the molecule is NON=NC(=O)CCCCc1cccc(N(N)S(=O)(=O)c2ccccc2)c1. The van der Waals surface area contributed by atoms with Gasteiger partial charge in [0.1, 0.15) is 0 Å². The number of benzene rings is 2. The molecule has 0 radical (unpaired) electrons. The molecule has 27 heavy (non-hydrogen) atoms. The first kappa shape index (κ1) is 20.5. The highest BCUT2D eigenvalue weighted by molar-refractivity contribution is 7.92. The molecule has 0 atom stereocenters. The van der Waals surface area contributed by atoms with Crippen LogP contribution >= 0.6 is 0 Å². The van der Waals surface area contributed by atoms with E-state index in [0.29, 0.717) is 24.9 Å². The predicted octanol–water partition coefficient (Wildman–Crippen LogP) is 2.25. The average molecular weight is 391 g/mol. The summed E-state index contributed by atoms with van der Waals surface area (Å²) in [5.41, 5.74) is 1.27. The van der Waals surface area contributed by atoms with Gasteiger partial charge in [0.25, 0.3) is 15.9 Å². The van der Waals surface area contributed by atoms with E-state index in [9.17, 15) is 13.2 Å². The van der Waals surface area contributed by atoms with Gasteiger partial charge >= 0.3 is 0 Å². The van der Waals surface area contributed by atoms with Crippen LogP contribution in [0.4, 0.5) is 5.69 Å². The van der Waals surface area contributed by atoms with E-state index in [1.54, 1.807) is 36.4 Å². The minimum absolute atomic E-state index is 0.118. The molecule has 1 amide bonds. The Bertz CT molecular complexity index is 887. The second kappa shape index (κ2) is 9.76. The Morgan fingerprint density at radius 1 is 1.07 bits per heavy atom. The van der Waals surface area contributed by atoms with Crippen LogP contribution in [0.2, 0.25) is 0 Å². The van der Waals surface area contributed by atoms with Crippen LogP contribution in [-0.2, 0) is 26.2 Å². The molecule has 144 valence electrons. The summed E-state index contributed by atoms with van der Waals surface area (Å²) in [5, 5.41) is 6.19. The minimum Gasteiger partial charge on any atom is -0.282 e. The summed E-state index contributed by atoms with van der Waals surface area (Å²) >= 11 is 0. The van der Waals surface area contributed by atoms with Crippen molar-refractivity contribution in [3.63, 3.8) is 0 Å². The highest BCUT2D eigenvalue weighted by Gasteiger charge is 2.21. The molecule has 2 aromatic rings. The number of carbonyl (C=O) groups excluding carboxylic acids is 1. The normalized spacial score (nSPS) is 11.5. The fourth-order valence-corrected chi connectivity index (χ4v) is 3.54. The highest BCUT2D eigenvalue weighted by Crippen LogP contribution is 2.22. The van der Waals surface area contributed by atoms with Crippen molar-refractivity contribution >= 4 is 21.6 Å². The summed E-state index contributed by atoms with van der Waals surface area (Å²) in [6.07, 6.45) is 2.19. The number of unbranched alkanes of at least 4 members (excludes halogenated alkanes) is 1. The molecule has 0 saturated heterocycles. The van der Waals surface area contributed by atoms with Gasteiger partial charge in [0.2, 0.25) is 0 Å². The van der Waals surface area contributed by atoms with Gasteiger partial charge in [-0.2, -0.15) is 8.42 Å². The quantitative estimate of drug-likeness (QED) is 0.291. The topological polar surface area (TPSA) is 140 Å². The first-order valence-electron chi connectivity index (χ1n) is 8.19. The number of sulfonamides is 1. The van der Waals surface area contributed by atoms with Crippen LogP contribution in [0.5, 0.6) is 0 Å². The van der Waals surface area contributed by atoms with Gasteiger partial charge in [0.05, 0.1) is 15.9 Å². The third kappa shape index (κ3) is 5.84. The van der Waals surface area contributed by atoms with Crippen molar-refractivity contribution in [2.24, 2.45) is 22.1 Å². The van der Waals surface area contributed by atoms with E-state index < -0.39 is 15.9 Å². The van der Waals surface area contributed by atoms with Crippen molar-refractivity contribution in [1.29, 1.82) is 0 Å². The molecule has 0 saturated carbocycles. The molecule has 2 aromatic carbocycles. The van der Waals surface area contributed by atoms with Crippen molar-refractivity contribution in [3.8, 4) is 0 Å². The molecule has 4 N–H and O–H groups in total. The maximum Gasteiger partial charge on any atom is 0.277 e. The van der Waals surface area contributed by atoms with E-state index in [1.165, 1.54) is 12.1 Å². The molecular formula is C17H21N5O4S. The third-order valence-corrected chi connectivity index (χ3v) is 5.37. The van der Waals surface area contributed by atoms with Gasteiger partial charge < -0.3 is 0 Å². The number of hydrazine groups is 1. The fourth-order valence-electron chi connectivity index (χ4n) is 2.42. The summed E-state index contributed by atoms with van der Waals surface area (Å²) in [7, 11) is -3.83. The van der Waals surface area contributed by atoms with Crippen LogP contribution in [0.1, 0.15) is 24.8 Å². The second-order valence-corrected chi connectivity index (χ2v) is 7.49. The van der Waals surface area contributed by atoms with Crippen molar-refractivity contribution < 1.29 is 18.2 Å². The van der Waals surface area contributed by atoms with Crippen LogP contribution in [0.3, 0.4) is 0 Å². The minimum atomic E-state index is -3.83. The molecule has 0 bridgehead atoms. The number of anilines is 1. The number of hydrogen-bond donors (Lipinski definition) is 2. The van der Waals surface area contributed by atoms with Gasteiger partial charge in [-0.1, -0.05) is 35.4 Å². The van der Waals surface area contributed by atoms with Gasteiger partial charge in [0, 0.05) is 6.42 Å². The number of nitrogens with two attached hydrogens (primary N) is 2. The number of amides is 1. The number of nitrogens with zero attached hydrogens (tertiary/aromatic N) is 3. The Labute approximate surface area is 157 Å². The predicted molar refractivity (Wildman–Crippen MR) is 99.4 cm³/mol. The van der Waals surface area contributed by atoms with Crippen molar-refractivity contribution in [2.75, 3.05) is 4.41 Å². The molecule has 0 aromatic heterocycles. The number of aryl methyl sites for hydroxylation is 1. The Hall–Kier alpha value is -2.82. The van der Waals surface area contributed by atoms with Crippen molar-refractivity contribution in [2.45, 2.75) is 30.6 Å². The molecular weight excluding hydrogens is 370 g/mol. The van der Waals surface area contributed by atoms with Gasteiger partial charge in [0.15, 0.2) is 0 Å². The Balaban J connectivity index is 1.98. The fraction of sp³-hybridized carbons (Fsp3) is 0.235. The summed E-state index contributed by atoms with van der Waals surface area (Å²) in [4.78, 5) is 15.3. The molecule has 9 nitrogen and oxygen atoms in total. The smallest absolute Gasteiger partial charge is 0.277 e. The van der Waals surface area contributed by atoms with Gasteiger partial charge in [-0.15, -0.1) is 5.90 Å². The van der Waals surface area contributed by atoms with Crippen LogP contribution in [-0.4, -0.2) is 14.3 Å². The standard InChI is InChI=1S/C17H21N5O4S/c18-22(27(24,25)16-10-2-1-3-11-16)15-9-6-8-14(13-15)7-4-5-12-17(23)20-21-26-19/h1-3,6,8-11,13H,4-5,7,12,18-19H2. The molecule has 0 fully saturated rings. The first-order chi connectivity index (χ1) is 12.9. The Morgan fingerprint density at radius 3 is 2.52 bits per heavy atom. The van der Waals surface area contributed by atoms with Crippen LogP contribution in [0, 0.1) is 0 Å². The highest BCUT2D eigenvalue weighted by atomic mass is 32.2. The number of carbonyl (C=O) groups is 1. The Morgan fingerprint density at radius 2 is 1.81 bits per heavy atom. The maximum absolute atomic E-state index is 12.6. The number of rotatable bonds is 9. The molecule has 0 aliphatic carbocycles. The van der Waals surface area contributed by atoms with E-state index in [1.807, 2.05) is 6.07 Å². The lowest BCUT2D eigenvalue weighted by molar-refractivity contribution is -0.119. The Kier molecular flexibility index (Phi) is 7.41. The third-order valence-electron chi connectivity index (χ3n) is 3.77. The zero-order chi connectivity index (χ0) is 19.7. The molecule has 0 unspecified atom stereocenters. The largest absolute Gasteiger partial charge is 0.282 e. The molecule has 0 heterocycles. The average Bonchev–Trinajstić information content (AvgIpc) is 2.70. The summed E-state index contributed by atoms with van der Waals surface area (Å²) in [5.74, 6) is 10.1. The molecule has 0 aliphatic heterocycles. The first-order valence-corrected chi connectivity index (χ1v) is 9.63. The van der Waals surface area contributed by atoms with Crippen LogP contribution in [0.15, 0.2) is 69.9 Å². The lowest BCUT2D eigenvalue weighted by Crippen LogP contribution is -2.37. The summed E-state index contributed by atoms with van der Waals surface area (Å²) in [6, 6.07) is 14.9. The van der Waals surface area contributed by atoms with E-state index in [2.05, 4.69) is 21.2 Å². The summed E-state index contributed by atoms with van der Waals surface area (Å²) < 4.78 is 25.9. The molecule has 0 spiro atoms. The van der Waals surface area contributed by atoms with Crippen molar-refractivity contribution in [3.05, 3.63) is 60.2 Å². The summed E-state index contributed by atoms with van der Waals surface area (Å²) in [6.45, 7) is 0. The van der Waals surface area contributed by atoms with Gasteiger partial charge in [-0.3, -0.25) is 9.73 Å². The van der Waals surface area contributed by atoms with E-state index in [4.69, 9.17) is 5.84 Å². The molecule has 2 rings (SSSR count). The van der Waals surface area contributed by atoms with Crippen molar-refractivity contribution in [1.82, 2.24) is 0 Å². The van der Waals surface area contributed by atoms with E-state index >= 15 is 0 Å². The van der Waals surface area contributed by atoms with E-state index in [-0.39, 0.29) is 11.3 Å². The van der Waals surface area contributed by atoms with E-state index in [0.717, 1.165) is 9.98 Å². The van der Waals surface area contributed by atoms with Gasteiger partial charge in [-0.05, 0) is 49.1 Å². The number of hydrogen-bond acceptors (Lipinski definition) is 7. The maximum atomic E-state index is 12.6. The molecule has 10 heteroatoms. The monoisotopic (exact) mass is 391 g/mol. The van der Waals surface area contributed by atoms with Crippen LogP contribution < -0.4 is 16.2 Å². The second-order valence-electron chi connectivity index (χ2n) is 5.67. The lowest BCUT2D eigenvalue weighted by Gasteiger charge is -2.19. The van der Waals surface area contributed by atoms with Gasteiger partial charge in [-0.25, -0.2) is 10.3 Å². The lowest BCUT2D eigenvalue weighted by atomic mass is 10.1. The van der Waals surface area contributed by atoms with Crippen LogP contribution in [0.25, 0.3) is 0 Å². The zero-order valence-electron chi connectivity index (χ0n) is 14.6. The zero-order valence-corrected chi connectivity index (χ0v) is 15.4.